The van der Waals surface area contributed by atoms with Crippen LogP contribution in [0.15, 0.2) is 45.6 Å². The number of nitrogens with zero attached hydrogens (tertiary/aromatic N) is 1. The number of benzene rings is 2. The lowest BCUT2D eigenvalue weighted by atomic mass is 10.0. The van der Waals surface area contributed by atoms with E-state index in [9.17, 15) is 9.59 Å². The van der Waals surface area contributed by atoms with Gasteiger partial charge in [-0.05, 0) is 49.6 Å². The van der Waals surface area contributed by atoms with E-state index in [1.165, 1.54) is 0 Å². The molecule has 1 amide bonds. The van der Waals surface area contributed by atoms with Gasteiger partial charge in [0.15, 0.2) is 0 Å². The highest BCUT2D eigenvalue weighted by molar-refractivity contribution is 5.82. The van der Waals surface area contributed by atoms with Crippen LogP contribution in [0.3, 0.4) is 0 Å². The Morgan fingerprint density at radius 1 is 1.07 bits per heavy atom. The maximum absolute atomic E-state index is 12.7. The van der Waals surface area contributed by atoms with Crippen molar-refractivity contribution in [2.45, 2.75) is 33.2 Å². The smallest absolute Gasteiger partial charge is 0.339 e. The van der Waals surface area contributed by atoms with Crippen LogP contribution in [0, 0.1) is 13.8 Å². The molecule has 0 N–H and O–H groups in total. The molecule has 0 saturated carbocycles. The minimum atomic E-state index is -0.377. The zero-order valence-electron chi connectivity index (χ0n) is 18.1. The number of hydrogen-bond acceptors (Lipinski definition) is 5. The summed E-state index contributed by atoms with van der Waals surface area (Å²) >= 11 is 0. The van der Waals surface area contributed by atoms with Crippen molar-refractivity contribution in [3.05, 3.63) is 69.1 Å². The molecule has 6 heteroatoms. The van der Waals surface area contributed by atoms with Gasteiger partial charge in [-0.2, -0.15) is 0 Å². The maximum atomic E-state index is 12.7. The van der Waals surface area contributed by atoms with Gasteiger partial charge < -0.3 is 18.8 Å². The fourth-order valence-corrected chi connectivity index (χ4v) is 3.54. The lowest BCUT2D eigenvalue weighted by Gasteiger charge is -2.19. The summed E-state index contributed by atoms with van der Waals surface area (Å²) in [7, 11) is 4.92. The van der Waals surface area contributed by atoms with E-state index in [-0.39, 0.29) is 18.0 Å². The van der Waals surface area contributed by atoms with Crippen LogP contribution in [0.2, 0.25) is 0 Å². The predicted octanol–water partition coefficient (Wildman–Crippen LogP) is 4.02. The lowest BCUT2D eigenvalue weighted by molar-refractivity contribution is -0.130. The molecule has 6 nitrogen and oxygen atoms in total. The number of fused-ring (bicyclic) bond motifs is 1. The van der Waals surface area contributed by atoms with Gasteiger partial charge in [0.25, 0.3) is 0 Å². The van der Waals surface area contributed by atoms with E-state index in [2.05, 4.69) is 0 Å². The van der Waals surface area contributed by atoms with Gasteiger partial charge in [-0.25, -0.2) is 4.79 Å². The first-order chi connectivity index (χ1) is 14.3. The normalized spacial score (nSPS) is 10.8. The molecule has 3 rings (SSSR count). The van der Waals surface area contributed by atoms with Crippen LogP contribution in [0.4, 0.5) is 0 Å². The van der Waals surface area contributed by atoms with Crippen LogP contribution in [-0.2, 0) is 17.8 Å². The van der Waals surface area contributed by atoms with Gasteiger partial charge >= 0.3 is 5.63 Å². The van der Waals surface area contributed by atoms with Crippen molar-refractivity contribution in [2.24, 2.45) is 0 Å². The second-order valence-corrected chi connectivity index (χ2v) is 7.42. The summed E-state index contributed by atoms with van der Waals surface area (Å²) in [5.41, 5.74) is 3.53. The van der Waals surface area contributed by atoms with E-state index in [0.717, 1.165) is 22.1 Å². The molecule has 158 valence electrons. The van der Waals surface area contributed by atoms with Gasteiger partial charge in [0.2, 0.25) is 5.91 Å². The number of hydrogen-bond donors (Lipinski definition) is 0. The van der Waals surface area contributed by atoms with Crippen molar-refractivity contribution >= 4 is 16.9 Å². The second-order valence-electron chi connectivity index (χ2n) is 7.42. The van der Waals surface area contributed by atoms with Crippen LogP contribution in [-0.4, -0.2) is 32.1 Å². The minimum absolute atomic E-state index is 0.0596. The third kappa shape index (κ3) is 4.48. The summed E-state index contributed by atoms with van der Waals surface area (Å²) in [6.45, 7) is 4.26. The summed E-state index contributed by atoms with van der Waals surface area (Å²) in [6, 6.07) is 11.3. The average molecular weight is 409 g/mol. The first kappa shape index (κ1) is 21.4. The molecule has 0 aliphatic heterocycles. The summed E-state index contributed by atoms with van der Waals surface area (Å²) in [5.74, 6) is 1.30. The Labute approximate surface area is 176 Å². The maximum Gasteiger partial charge on any atom is 0.339 e. The Bertz CT molecular complexity index is 1130. The molecule has 0 bridgehead atoms. The monoisotopic (exact) mass is 409 g/mol. The van der Waals surface area contributed by atoms with Crippen LogP contribution >= 0.6 is 0 Å². The van der Waals surface area contributed by atoms with E-state index in [4.69, 9.17) is 13.9 Å². The fourth-order valence-electron chi connectivity index (χ4n) is 3.54. The Kier molecular flexibility index (Phi) is 6.45. The molecular weight excluding hydrogens is 382 g/mol. The number of carbonyl (C=O) groups is 1. The molecule has 0 fully saturated rings. The number of amides is 1. The Hall–Kier alpha value is -3.28. The average Bonchev–Trinajstić information content (AvgIpc) is 2.73. The molecule has 2 aromatic carbocycles. The van der Waals surface area contributed by atoms with Crippen molar-refractivity contribution in [3.63, 3.8) is 0 Å². The van der Waals surface area contributed by atoms with Crippen LogP contribution in [0.5, 0.6) is 11.5 Å². The third-order valence-corrected chi connectivity index (χ3v) is 5.36. The Morgan fingerprint density at radius 2 is 1.83 bits per heavy atom. The molecule has 0 radical (unpaired) electrons. The standard InChI is InChI=1S/C24H27NO5/c1-15-6-9-19-16(2)20(24(27)30-22(19)12-15)10-11-23(26)25(3)14-17-7-8-18(28-4)13-21(17)29-5/h6-9,12-13H,10-11,14H2,1-5H3. The highest BCUT2D eigenvalue weighted by atomic mass is 16.5. The third-order valence-electron chi connectivity index (χ3n) is 5.36. The van der Waals surface area contributed by atoms with Crippen molar-refractivity contribution < 1.29 is 18.7 Å². The molecule has 0 aliphatic rings. The van der Waals surface area contributed by atoms with Crippen molar-refractivity contribution in [1.29, 1.82) is 0 Å². The second kappa shape index (κ2) is 9.03. The first-order valence-electron chi connectivity index (χ1n) is 9.82. The van der Waals surface area contributed by atoms with E-state index in [1.54, 1.807) is 32.2 Å². The quantitative estimate of drug-likeness (QED) is 0.552. The van der Waals surface area contributed by atoms with E-state index < -0.39 is 0 Å². The van der Waals surface area contributed by atoms with Gasteiger partial charge in [-0.1, -0.05) is 12.1 Å². The van der Waals surface area contributed by atoms with Crippen molar-refractivity contribution in [3.8, 4) is 11.5 Å². The number of ether oxygens (including phenoxy) is 2. The summed E-state index contributed by atoms with van der Waals surface area (Å²) in [5, 5.41) is 0.902. The molecule has 0 unspecified atom stereocenters. The molecule has 3 aromatic rings. The zero-order valence-corrected chi connectivity index (χ0v) is 18.1. The molecule has 30 heavy (non-hydrogen) atoms. The molecular formula is C24H27NO5. The highest BCUT2D eigenvalue weighted by Crippen LogP contribution is 2.26. The number of rotatable bonds is 7. The molecule has 1 aromatic heterocycles. The number of aryl methyl sites for hydroxylation is 2. The van der Waals surface area contributed by atoms with Crippen LogP contribution in [0.1, 0.15) is 28.7 Å². The minimum Gasteiger partial charge on any atom is -0.497 e. The number of methoxy groups -OCH3 is 2. The molecule has 0 saturated heterocycles. The van der Waals surface area contributed by atoms with Gasteiger partial charge in [0.1, 0.15) is 17.1 Å². The van der Waals surface area contributed by atoms with Crippen LogP contribution < -0.4 is 15.1 Å². The molecule has 0 atom stereocenters. The summed E-state index contributed by atoms with van der Waals surface area (Å²) in [4.78, 5) is 26.8. The Morgan fingerprint density at radius 3 is 2.53 bits per heavy atom. The van der Waals surface area contributed by atoms with Crippen molar-refractivity contribution in [2.75, 3.05) is 21.3 Å². The van der Waals surface area contributed by atoms with Crippen molar-refractivity contribution in [1.82, 2.24) is 4.90 Å². The lowest BCUT2D eigenvalue weighted by Crippen LogP contribution is -2.27. The first-order valence-corrected chi connectivity index (χ1v) is 9.82. The summed E-state index contributed by atoms with van der Waals surface area (Å²) < 4.78 is 16.1. The van der Waals surface area contributed by atoms with Crippen LogP contribution in [0.25, 0.3) is 11.0 Å². The van der Waals surface area contributed by atoms with Gasteiger partial charge in [0.05, 0.1) is 14.2 Å². The largest absolute Gasteiger partial charge is 0.497 e. The molecule has 0 spiro atoms. The predicted molar refractivity (Wildman–Crippen MR) is 116 cm³/mol. The SMILES string of the molecule is COc1ccc(CN(C)C(=O)CCc2c(C)c3ccc(C)cc3oc2=O)c(OC)c1. The fraction of sp³-hybridized carbons (Fsp3) is 0.333. The molecule has 0 aliphatic carbocycles. The van der Waals surface area contributed by atoms with Gasteiger partial charge in [-0.15, -0.1) is 0 Å². The van der Waals surface area contributed by atoms with E-state index in [0.29, 0.717) is 35.6 Å². The highest BCUT2D eigenvalue weighted by Gasteiger charge is 2.16. The molecule has 1 heterocycles. The topological polar surface area (TPSA) is 69.0 Å². The zero-order chi connectivity index (χ0) is 21.8. The summed E-state index contributed by atoms with van der Waals surface area (Å²) in [6.07, 6.45) is 0.554. The van der Waals surface area contributed by atoms with E-state index >= 15 is 0 Å². The van der Waals surface area contributed by atoms with E-state index in [1.807, 2.05) is 44.2 Å². The van der Waals surface area contributed by atoms with Gasteiger partial charge in [0, 0.05) is 42.6 Å². The number of carbonyl (C=O) groups excluding carboxylic acids is 1. The van der Waals surface area contributed by atoms with Gasteiger partial charge in [-0.3, -0.25) is 4.79 Å². The Balaban J connectivity index is 1.73.